The van der Waals surface area contributed by atoms with Gasteiger partial charge in [0.2, 0.25) is 0 Å². The van der Waals surface area contributed by atoms with E-state index in [-0.39, 0.29) is 0 Å². The van der Waals surface area contributed by atoms with E-state index in [0.29, 0.717) is 24.1 Å². The molecule has 0 bridgehead atoms. The number of carboxylic acids is 1. The van der Waals surface area contributed by atoms with Crippen molar-refractivity contribution in [1.29, 1.82) is 0 Å². The highest BCUT2D eigenvalue weighted by Gasteiger charge is 2.12. The molecule has 2 aromatic carbocycles. The largest absolute Gasteiger partial charge is 0.478 e. The topological polar surface area (TPSA) is 68.0 Å². The molecule has 3 aromatic rings. The molecule has 27 heavy (non-hydrogen) atoms. The molecule has 1 N–H and O–H groups in total. The molecule has 0 aliphatic carbocycles. The van der Waals surface area contributed by atoms with Gasteiger partial charge in [0, 0.05) is 12.8 Å². The van der Waals surface area contributed by atoms with Gasteiger partial charge >= 0.3 is 5.97 Å². The monoisotopic (exact) mass is 359 g/mol. The van der Waals surface area contributed by atoms with Crippen LogP contribution < -0.4 is 0 Å². The Labute approximate surface area is 158 Å². The minimum absolute atomic E-state index is 0.302. The average Bonchev–Trinajstić information content (AvgIpc) is 3.08. The third-order valence-electron chi connectivity index (χ3n) is 4.30. The molecule has 5 heteroatoms. The van der Waals surface area contributed by atoms with Crippen molar-refractivity contribution >= 4 is 5.97 Å². The number of aromatic carboxylic acids is 1. The molecule has 136 valence electrons. The summed E-state index contributed by atoms with van der Waals surface area (Å²) in [5.74, 6) is 6.69. The fourth-order valence-electron chi connectivity index (χ4n) is 2.89. The summed E-state index contributed by atoms with van der Waals surface area (Å²) in [6.45, 7) is 4.37. The summed E-state index contributed by atoms with van der Waals surface area (Å²) in [7, 11) is 0. The lowest BCUT2D eigenvalue weighted by Gasteiger charge is -2.08. The first-order valence-corrected chi connectivity index (χ1v) is 8.86. The highest BCUT2D eigenvalue weighted by molar-refractivity contribution is 5.95. The van der Waals surface area contributed by atoms with E-state index in [0.717, 1.165) is 29.2 Å². The number of aryl methyl sites for hydroxylation is 1. The van der Waals surface area contributed by atoms with Crippen LogP contribution in [-0.2, 0) is 19.4 Å². The van der Waals surface area contributed by atoms with E-state index in [1.807, 2.05) is 54.9 Å². The standard InChI is InChI=1S/C22H21N3O2/c1-3-5-14-25-21(23-20(4-2)24-25)15-16-10-12-17(13-11-16)18-8-6-7-9-19(18)22(26)27/h6-13H,4,14-15H2,1-2H3,(H,26,27). The lowest BCUT2D eigenvalue weighted by Crippen LogP contribution is -2.05. The van der Waals surface area contributed by atoms with Crippen LogP contribution in [0.15, 0.2) is 48.5 Å². The first kappa shape index (κ1) is 18.4. The highest BCUT2D eigenvalue weighted by atomic mass is 16.4. The van der Waals surface area contributed by atoms with Gasteiger partial charge in [-0.3, -0.25) is 0 Å². The van der Waals surface area contributed by atoms with E-state index >= 15 is 0 Å². The molecule has 0 spiro atoms. The number of hydrogen-bond donors (Lipinski definition) is 1. The van der Waals surface area contributed by atoms with Crippen molar-refractivity contribution in [2.45, 2.75) is 33.2 Å². The summed E-state index contributed by atoms with van der Waals surface area (Å²) < 4.78 is 1.85. The Morgan fingerprint density at radius 2 is 1.89 bits per heavy atom. The molecule has 1 heterocycles. The van der Waals surface area contributed by atoms with E-state index in [1.165, 1.54) is 0 Å². The summed E-state index contributed by atoms with van der Waals surface area (Å²) in [5.41, 5.74) is 2.98. The van der Waals surface area contributed by atoms with Crippen LogP contribution >= 0.6 is 0 Å². The number of rotatable bonds is 6. The molecule has 0 saturated heterocycles. The van der Waals surface area contributed by atoms with Crippen LogP contribution in [0.1, 0.15) is 41.4 Å². The SMILES string of the molecule is CC#CCn1nc(CC)nc1Cc1ccc(-c2ccccc2C(=O)O)cc1. The minimum atomic E-state index is -0.924. The Balaban J connectivity index is 1.86. The van der Waals surface area contributed by atoms with Gasteiger partial charge in [-0.15, -0.1) is 5.92 Å². The summed E-state index contributed by atoms with van der Waals surface area (Å²) in [6, 6.07) is 14.9. The molecule has 0 saturated carbocycles. The van der Waals surface area contributed by atoms with Crippen LogP contribution in [0.2, 0.25) is 0 Å². The highest BCUT2D eigenvalue weighted by Crippen LogP contribution is 2.24. The van der Waals surface area contributed by atoms with E-state index in [1.54, 1.807) is 12.1 Å². The van der Waals surface area contributed by atoms with Crippen LogP contribution in [0.25, 0.3) is 11.1 Å². The van der Waals surface area contributed by atoms with Crippen molar-refractivity contribution in [1.82, 2.24) is 14.8 Å². The summed E-state index contributed by atoms with van der Waals surface area (Å²) >= 11 is 0. The Hall–Kier alpha value is -3.39. The summed E-state index contributed by atoms with van der Waals surface area (Å²) in [5, 5.41) is 13.9. The van der Waals surface area contributed by atoms with Gasteiger partial charge in [0.15, 0.2) is 5.82 Å². The number of carboxylic acid groups (broad SMARTS) is 1. The molecule has 0 radical (unpaired) electrons. The molecular formula is C22H21N3O2. The van der Waals surface area contributed by atoms with Crippen LogP contribution in [-0.4, -0.2) is 25.8 Å². The smallest absolute Gasteiger partial charge is 0.336 e. The molecule has 0 atom stereocenters. The second-order valence-corrected chi connectivity index (χ2v) is 6.11. The second-order valence-electron chi connectivity index (χ2n) is 6.11. The molecule has 0 aliphatic heterocycles. The zero-order valence-electron chi connectivity index (χ0n) is 15.4. The van der Waals surface area contributed by atoms with Crippen molar-refractivity contribution in [3.63, 3.8) is 0 Å². The van der Waals surface area contributed by atoms with Crippen LogP contribution in [0, 0.1) is 11.8 Å². The van der Waals surface area contributed by atoms with Gasteiger partial charge in [-0.25, -0.2) is 14.5 Å². The predicted octanol–water partition coefficient (Wildman–Crippen LogP) is 3.82. The third-order valence-corrected chi connectivity index (χ3v) is 4.30. The minimum Gasteiger partial charge on any atom is -0.478 e. The average molecular weight is 359 g/mol. The van der Waals surface area contributed by atoms with Crippen molar-refractivity contribution in [2.24, 2.45) is 0 Å². The molecule has 0 aliphatic rings. The predicted molar refractivity (Wildman–Crippen MR) is 104 cm³/mol. The van der Waals surface area contributed by atoms with Gasteiger partial charge in [-0.05, 0) is 29.7 Å². The number of nitrogens with zero attached hydrogens (tertiary/aromatic N) is 3. The molecule has 0 amide bonds. The third kappa shape index (κ3) is 4.24. The Morgan fingerprint density at radius 3 is 2.56 bits per heavy atom. The van der Waals surface area contributed by atoms with Crippen LogP contribution in [0.3, 0.4) is 0 Å². The second kappa shape index (κ2) is 8.33. The Bertz CT molecular complexity index is 1010. The van der Waals surface area contributed by atoms with Crippen LogP contribution in [0.4, 0.5) is 0 Å². The molecule has 3 rings (SSSR count). The number of hydrogen-bond acceptors (Lipinski definition) is 3. The van der Waals surface area contributed by atoms with Crippen LogP contribution in [0.5, 0.6) is 0 Å². The van der Waals surface area contributed by atoms with Crippen molar-refractivity contribution < 1.29 is 9.90 Å². The molecular weight excluding hydrogens is 338 g/mol. The van der Waals surface area contributed by atoms with Gasteiger partial charge in [0.05, 0.1) is 5.56 Å². The lowest BCUT2D eigenvalue weighted by atomic mass is 9.98. The van der Waals surface area contributed by atoms with Crippen molar-refractivity contribution in [2.75, 3.05) is 0 Å². The fourth-order valence-corrected chi connectivity index (χ4v) is 2.89. The Morgan fingerprint density at radius 1 is 1.15 bits per heavy atom. The summed E-state index contributed by atoms with van der Waals surface area (Å²) in [4.78, 5) is 16.0. The lowest BCUT2D eigenvalue weighted by molar-refractivity contribution is 0.0697. The number of carbonyl (C=O) groups is 1. The normalized spacial score (nSPS) is 10.3. The zero-order chi connectivity index (χ0) is 19.2. The number of aromatic nitrogens is 3. The number of benzene rings is 2. The molecule has 0 unspecified atom stereocenters. The van der Waals surface area contributed by atoms with Gasteiger partial charge in [-0.2, -0.15) is 5.10 Å². The van der Waals surface area contributed by atoms with E-state index in [9.17, 15) is 9.90 Å². The van der Waals surface area contributed by atoms with E-state index in [4.69, 9.17) is 0 Å². The zero-order valence-corrected chi connectivity index (χ0v) is 15.4. The Kier molecular flexibility index (Phi) is 5.68. The molecule has 5 nitrogen and oxygen atoms in total. The van der Waals surface area contributed by atoms with Crippen molar-refractivity contribution in [3.8, 4) is 23.0 Å². The van der Waals surface area contributed by atoms with E-state index in [2.05, 4.69) is 21.9 Å². The first-order valence-electron chi connectivity index (χ1n) is 8.86. The maximum atomic E-state index is 11.4. The quantitative estimate of drug-likeness (QED) is 0.680. The first-order chi connectivity index (χ1) is 13.1. The summed E-state index contributed by atoms with van der Waals surface area (Å²) in [6.07, 6.45) is 1.43. The molecule has 1 aromatic heterocycles. The van der Waals surface area contributed by atoms with Crippen molar-refractivity contribution in [3.05, 3.63) is 71.3 Å². The molecule has 0 fully saturated rings. The van der Waals surface area contributed by atoms with Gasteiger partial charge < -0.3 is 5.11 Å². The maximum Gasteiger partial charge on any atom is 0.336 e. The van der Waals surface area contributed by atoms with Gasteiger partial charge in [0.25, 0.3) is 0 Å². The fraction of sp³-hybridized carbons (Fsp3) is 0.227. The maximum absolute atomic E-state index is 11.4. The van der Waals surface area contributed by atoms with Gasteiger partial charge in [0.1, 0.15) is 12.4 Å². The van der Waals surface area contributed by atoms with Gasteiger partial charge in [-0.1, -0.05) is 55.3 Å². The van der Waals surface area contributed by atoms with E-state index < -0.39 is 5.97 Å².